The second-order valence-corrected chi connectivity index (χ2v) is 8.37. The van der Waals surface area contributed by atoms with Gasteiger partial charge in [0.2, 0.25) is 5.56 Å². The standard InChI is InChI=1S/C24H25N3O4/c1-13-7-21(28)27-23-17(13)9-16(10-20(23)30-2)25-24(29)18-8-15-11-31-12-19(15)26-22(18)14-5-3-4-6-14/h7-10,14H,3-6,11-12H2,1-2H3,(H,25,29)(H,27,28). The molecule has 3 aromatic rings. The molecule has 0 atom stereocenters. The highest BCUT2D eigenvalue weighted by molar-refractivity contribution is 6.06. The van der Waals surface area contributed by atoms with E-state index in [1.165, 1.54) is 18.9 Å². The van der Waals surface area contributed by atoms with E-state index in [2.05, 4.69) is 10.3 Å². The van der Waals surface area contributed by atoms with Crippen LogP contribution in [0.2, 0.25) is 0 Å². The summed E-state index contributed by atoms with van der Waals surface area (Å²) in [5.41, 5.74) is 5.29. The van der Waals surface area contributed by atoms with Crippen LogP contribution in [0.15, 0.2) is 29.1 Å². The maximum absolute atomic E-state index is 13.4. The van der Waals surface area contributed by atoms with Crippen LogP contribution in [0.4, 0.5) is 5.69 Å². The van der Waals surface area contributed by atoms with Crippen molar-refractivity contribution in [1.82, 2.24) is 9.97 Å². The summed E-state index contributed by atoms with van der Waals surface area (Å²) in [6.45, 7) is 2.87. The van der Waals surface area contributed by atoms with E-state index in [1.54, 1.807) is 13.2 Å². The van der Waals surface area contributed by atoms with E-state index in [0.29, 0.717) is 41.6 Å². The number of pyridine rings is 2. The third kappa shape index (κ3) is 3.59. The Morgan fingerprint density at radius 1 is 1.19 bits per heavy atom. The van der Waals surface area contributed by atoms with Gasteiger partial charge in [-0.1, -0.05) is 12.8 Å². The first-order valence-corrected chi connectivity index (χ1v) is 10.7. The lowest BCUT2D eigenvalue weighted by atomic mass is 9.96. The maximum atomic E-state index is 13.4. The summed E-state index contributed by atoms with van der Waals surface area (Å²) in [4.78, 5) is 32.9. The van der Waals surface area contributed by atoms with Crippen LogP contribution in [0.5, 0.6) is 5.75 Å². The average Bonchev–Trinajstić information content (AvgIpc) is 3.44. The molecule has 2 aromatic heterocycles. The van der Waals surface area contributed by atoms with Crippen LogP contribution < -0.4 is 15.6 Å². The summed E-state index contributed by atoms with van der Waals surface area (Å²) in [5.74, 6) is 0.628. The molecular weight excluding hydrogens is 394 g/mol. The van der Waals surface area contributed by atoms with Gasteiger partial charge in [0.25, 0.3) is 5.91 Å². The second kappa shape index (κ2) is 7.81. The van der Waals surface area contributed by atoms with E-state index >= 15 is 0 Å². The predicted molar refractivity (Wildman–Crippen MR) is 118 cm³/mol. The fourth-order valence-corrected chi connectivity index (χ4v) is 4.73. The zero-order valence-corrected chi connectivity index (χ0v) is 17.7. The Bertz CT molecular complexity index is 1240. The van der Waals surface area contributed by atoms with Crippen molar-refractivity contribution in [2.24, 2.45) is 0 Å². The SMILES string of the molecule is COc1cc(NC(=O)c2cc3c(nc2C2CCCC2)COC3)cc2c(C)cc(=O)[nH]c12. The van der Waals surface area contributed by atoms with Gasteiger partial charge in [-0.3, -0.25) is 14.6 Å². The van der Waals surface area contributed by atoms with Crippen molar-refractivity contribution < 1.29 is 14.3 Å². The normalized spacial score (nSPS) is 15.9. The first-order chi connectivity index (χ1) is 15.0. The third-order valence-corrected chi connectivity index (χ3v) is 6.30. The Morgan fingerprint density at radius 2 is 2.00 bits per heavy atom. The number of methoxy groups -OCH3 is 1. The minimum atomic E-state index is -0.187. The third-order valence-electron chi connectivity index (χ3n) is 6.30. The number of carbonyl (C=O) groups is 1. The van der Waals surface area contributed by atoms with Gasteiger partial charge in [-0.2, -0.15) is 0 Å². The van der Waals surface area contributed by atoms with Crippen LogP contribution in [0.3, 0.4) is 0 Å². The van der Waals surface area contributed by atoms with Crippen LogP contribution in [0.25, 0.3) is 10.9 Å². The van der Waals surface area contributed by atoms with E-state index in [1.807, 2.05) is 19.1 Å². The molecule has 1 aromatic carbocycles. The molecule has 1 fully saturated rings. The van der Waals surface area contributed by atoms with Gasteiger partial charge in [0.1, 0.15) is 5.75 Å². The Morgan fingerprint density at radius 3 is 2.77 bits per heavy atom. The van der Waals surface area contributed by atoms with Crippen molar-refractivity contribution in [3.8, 4) is 5.75 Å². The van der Waals surface area contributed by atoms with Gasteiger partial charge in [-0.25, -0.2) is 0 Å². The molecular formula is C24H25N3O4. The number of carbonyl (C=O) groups excluding carboxylic acids is 1. The number of rotatable bonds is 4. The number of nitrogens with one attached hydrogen (secondary N) is 2. The molecule has 1 amide bonds. The van der Waals surface area contributed by atoms with E-state index in [4.69, 9.17) is 14.5 Å². The number of aromatic amines is 1. The van der Waals surface area contributed by atoms with Crippen molar-refractivity contribution in [2.75, 3.05) is 12.4 Å². The Balaban J connectivity index is 1.55. The zero-order valence-electron chi connectivity index (χ0n) is 17.7. The number of hydrogen-bond donors (Lipinski definition) is 2. The molecule has 5 rings (SSSR count). The molecule has 7 nitrogen and oxygen atoms in total. The lowest BCUT2D eigenvalue weighted by Crippen LogP contribution is -2.18. The second-order valence-electron chi connectivity index (χ2n) is 8.37. The molecule has 0 saturated heterocycles. The maximum Gasteiger partial charge on any atom is 0.257 e. The summed E-state index contributed by atoms with van der Waals surface area (Å²) in [5, 5.41) is 3.85. The van der Waals surface area contributed by atoms with Gasteiger partial charge in [0, 0.05) is 34.7 Å². The van der Waals surface area contributed by atoms with Crippen LogP contribution in [-0.2, 0) is 18.0 Å². The topological polar surface area (TPSA) is 93.3 Å². The molecule has 7 heteroatoms. The number of ether oxygens (including phenoxy) is 2. The van der Waals surface area contributed by atoms with Crippen LogP contribution >= 0.6 is 0 Å². The van der Waals surface area contributed by atoms with Crippen molar-refractivity contribution in [2.45, 2.75) is 51.7 Å². The smallest absolute Gasteiger partial charge is 0.257 e. The van der Waals surface area contributed by atoms with Crippen LogP contribution in [-0.4, -0.2) is 23.0 Å². The molecule has 1 saturated carbocycles. The monoisotopic (exact) mass is 419 g/mol. The highest BCUT2D eigenvalue weighted by Crippen LogP contribution is 2.37. The van der Waals surface area contributed by atoms with Gasteiger partial charge in [0.15, 0.2) is 0 Å². The molecule has 0 bridgehead atoms. The van der Waals surface area contributed by atoms with E-state index in [-0.39, 0.29) is 11.5 Å². The number of amides is 1. The summed E-state index contributed by atoms with van der Waals surface area (Å²) in [6, 6.07) is 7.07. The van der Waals surface area contributed by atoms with Gasteiger partial charge < -0.3 is 19.8 Å². The molecule has 0 radical (unpaired) electrons. The molecule has 2 N–H and O–H groups in total. The fraction of sp³-hybridized carbons (Fsp3) is 0.375. The lowest BCUT2D eigenvalue weighted by Gasteiger charge is -2.17. The highest BCUT2D eigenvalue weighted by atomic mass is 16.5. The zero-order chi connectivity index (χ0) is 21.5. The Labute approximate surface area is 179 Å². The molecule has 1 aliphatic heterocycles. The van der Waals surface area contributed by atoms with E-state index < -0.39 is 0 Å². The van der Waals surface area contributed by atoms with Gasteiger partial charge >= 0.3 is 0 Å². The Hall–Kier alpha value is -3.19. The first-order valence-electron chi connectivity index (χ1n) is 10.7. The lowest BCUT2D eigenvalue weighted by molar-refractivity contribution is 0.102. The molecule has 3 heterocycles. The average molecular weight is 419 g/mol. The summed E-state index contributed by atoms with van der Waals surface area (Å²) < 4.78 is 11.0. The van der Waals surface area contributed by atoms with Gasteiger partial charge in [-0.15, -0.1) is 0 Å². The van der Waals surface area contributed by atoms with Crippen LogP contribution in [0.1, 0.15) is 64.5 Å². The number of anilines is 1. The summed E-state index contributed by atoms with van der Waals surface area (Å²) in [7, 11) is 1.55. The van der Waals surface area contributed by atoms with Gasteiger partial charge in [-0.05, 0) is 37.5 Å². The van der Waals surface area contributed by atoms with E-state index in [9.17, 15) is 9.59 Å². The van der Waals surface area contributed by atoms with Crippen molar-refractivity contribution in [3.63, 3.8) is 0 Å². The Kier molecular flexibility index (Phi) is 4.98. The van der Waals surface area contributed by atoms with Crippen molar-refractivity contribution >= 4 is 22.5 Å². The minimum Gasteiger partial charge on any atom is -0.494 e. The number of fused-ring (bicyclic) bond motifs is 2. The molecule has 160 valence electrons. The highest BCUT2D eigenvalue weighted by Gasteiger charge is 2.27. The molecule has 0 unspecified atom stereocenters. The molecule has 2 aliphatic rings. The largest absolute Gasteiger partial charge is 0.494 e. The van der Waals surface area contributed by atoms with Crippen LogP contribution in [0, 0.1) is 6.92 Å². The minimum absolute atomic E-state index is 0.187. The number of aryl methyl sites for hydroxylation is 1. The summed E-state index contributed by atoms with van der Waals surface area (Å²) in [6.07, 6.45) is 4.45. The van der Waals surface area contributed by atoms with Crippen molar-refractivity contribution in [3.05, 3.63) is 62.7 Å². The number of hydrogen-bond acceptors (Lipinski definition) is 5. The summed E-state index contributed by atoms with van der Waals surface area (Å²) >= 11 is 0. The number of nitrogens with zero attached hydrogens (tertiary/aromatic N) is 1. The van der Waals surface area contributed by atoms with Gasteiger partial charge in [0.05, 0.1) is 42.8 Å². The molecule has 31 heavy (non-hydrogen) atoms. The predicted octanol–water partition coefficient (Wildman–Crippen LogP) is 4.18. The van der Waals surface area contributed by atoms with Crippen molar-refractivity contribution in [1.29, 1.82) is 0 Å². The fourth-order valence-electron chi connectivity index (χ4n) is 4.73. The molecule has 0 spiro atoms. The quantitative estimate of drug-likeness (QED) is 0.662. The number of benzene rings is 1. The van der Waals surface area contributed by atoms with E-state index in [0.717, 1.165) is 40.7 Å². The number of H-pyrrole nitrogens is 1. The first kappa shape index (κ1) is 19.8. The molecule has 1 aliphatic carbocycles. The number of aromatic nitrogens is 2.